The average molecular weight is 156 g/mol. The topological polar surface area (TPSA) is 40.5 Å². The minimum absolute atomic E-state index is 0.0140. The Morgan fingerprint density at radius 2 is 1.91 bits per heavy atom. The van der Waals surface area contributed by atoms with E-state index in [9.17, 15) is 5.11 Å². The van der Waals surface area contributed by atoms with Gasteiger partial charge in [0.05, 0.1) is 12.7 Å². The van der Waals surface area contributed by atoms with Crippen molar-refractivity contribution < 1.29 is 10.2 Å². The van der Waals surface area contributed by atoms with Crippen molar-refractivity contribution in [2.24, 2.45) is 0 Å². The van der Waals surface area contributed by atoms with E-state index in [1.165, 1.54) is 0 Å². The van der Waals surface area contributed by atoms with Gasteiger partial charge in [-0.2, -0.15) is 0 Å². The summed E-state index contributed by atoms with van der Waals surface area (Å²) in [7, 11) is 0. The molecule has 0 fully saturated rings. The van der Waals surface area contributed by atoms with Crippen LogP contribution in [-0.4, -0.2) is 22.9 Å². The van der Waals surface area contributed by atoms with Gasteiger partial charge in [0.1, 0.15) is 0 Å². The van der Waals surface area contributed by atoms with Crippen LogP contribution in [0.1, 0.15) is 20.8 Å². The highest BCUT2D eigenvalue weighted by atomic mass is 16.3. The molecular formula is C9H16O2. The van der Waals surface area contributed by atoms with E-state index in [1.807, 2.05) is 19.9 Å². The normalized spacial score (nSPS) is 16.8. The van der Waals surface area contributed by atoms with Gasteiger partial charge in [-0.05, 0) is 31.9 Å². The number of allylic oxidation sites excluding steroid dienone is 1. The van der Waals surface area contributed by atoms with E-state index in [1.54, 1.807) is 13.0 Å². The zero-order chi connectivity index (χ0) is 8.85. The van der Waals surface area contributed by atoms with Crippen LogP contribution in [0.5, 0.6) is 0 Å². The predicted octanol–water partition coefficient (Wildman–Crippen LogP) is 1.25. The second-order valence-corrected chi connectivity index (χ2v) is 2.57. The Hall–Kier alpha value is -0.600. The monoisotopic (exact) mass is 156 g/mol. The molecule has 64 valence electrons. The Balaban J connectivity index is 4.24. The van der Waals surface area contributed by atoms with Crippen LogP contribution in [0.2, 0.25) is 0 Å². The first kappa shape index (κ1) is 10.4. The summed E-state index contributed by atoms with van der Waals surface area (Å²) in [5.41, 5.74) is 1.70. The third-order valence-electron chi connectivity index (χ3n) is 1.73. The number of hydrogen-bond donors (Lipinski definition) is 2. The number of hydrogen-bond acceptors (Lipinski definition) is 2. The Kier molecular flexibility index (Phi) is 4.83. The molecule has 2 N–H and O–H groups in total. The molecule has 0 aromatic rings. The molecule has 0 radical (unpaired) electrons. The van der Waals surface area contributed by atoms with Crippen LogP contribution in [0.25, 0.3) is 0 Å². The molecule has 0 aromatic carbocycles. The summed E-state index contributed by atoms with van der Waals surface area (Å²) >= 11 is 0. The van der Waals surface area contributed by atoms with E-state index < -0.39 is 6.10 Å². The van der Waals surface area contributed by atoms with Gasteiger partial charge in [0, 0.05) is 0 Å². The minimum Gasteiger partial charge on any atom is -0.392 e. The molecular weight excluding hydrogens is 140 g/mol. The first-order chi connectivity index (χ1) is 5.13. The van der Waals surface area contributed by atoms with E-state index >= 15 is 0 Å². The lowest BCUT2D eigenvalue weighted by atomic mass is 10.0. The van der Waals surface area contributed by atoms with Crippen molar-refractivity contribution in [1.82, 2.24) is 0 Å². The van der Waals surface area contributed by atoms with Crippen molar-refractivity contribution >= 4 is 0 Å². The molecule has 2 heteroatoms. The van der Waals surface area contributed by atoms with Gasteiger partial charge in [-0.1, -0.05) is 12.2 Å². The highest BCUT2D eigenvalue weighted by Crippen LogP contribution is 2.10. The predicted molar refractivity (Wildman–Crippen MR) is 46.3 cm³/mol. The molecule has 0 saturated carbocycles. The van der Waals surface area contributed by atoms with Crippen LogP contribution in [0.15, 0.2) is 23.3 Å². The lowest BCUT2D eigenvalue weighted by Crippen LogP contribution is -2.09. The minimum atomic E-state index is -0.535. The molecule has 0 amide bonds. The van der Waals surface area contributed by atoms with Gasteiger partial charge in [0.15, 0.2) is 0 Å². The fourth-order valence-electron chi connectivity index (χ4n) is 0.773. The lowest BCUT2D eigenvalue weighted by molar-refractivity contribution is 0.244. The zero-order valence-electron chi connectivity index (χ0n) is 7.33. The van der Waals surface area contributed by atoms with E-state index in [-0.39, 0.29) is 6.61 Å². The Labute approximate surface area is 67.9 Å². The quantitative estimate of drug-likeness (QED) is 0.604. The molecule has 0 bridgehead atoms. The first-order valence-electron chi connectivity index (χ1n) is 3.71. The Morgan fingerprint density at radius 1 is 1.36 bits per heavy atom. The van der Waals surface area contributed by atoms with E-state index in [0.717, 1.165) is 11.1 Å². The second kappa shape index (κ2) is 5.10. The molecule has 1 atom stereocenters. The summed E-state index contributed by atoms with van der Waals surface area (Å²) in [6.07, 6.45) is 2.93. The first-order valence-corrected chi connectivity index (χ1v) is 3.71. The number of aliphatic hydroxyl groups excluding tert-OH is 2. The molecule has 0 rings (SSSR count). The summed E-state index contributed by atoms with van der Waals surface area (Å²) < 4.78 is 0. The van der Waals surface area contributed by atoms with E-state index in [4.69, 9.17) is 5.11 Å². The molecule has 0 saturated heterocycles. The van der Waals surface area contributed by atoms with Gasteiger partial charge < -0.3 is 10.2 Å². The number of aliphatic hydroxyl groups is 2. The van der Waals surface area contributed by atoms with Gasteiger partial charge in [-0.3, -0.25) is 0 Å². The molecule has 0 aromatic heterocycles. The molecule has 11 heavy (non-hydrogen) atoms. The van der Waals surface area contributed by atoms with Crippen molar-refractivity contribution in [2.45, 2.75) is 26.9 Å². The van der Waals surface area contributed by atoms with Crippen molar-refractivity contribution in [1.29, 1.82) is 0 Å². The Bertz CT molecular complexity index is 168. The highest BCUT2D eigenvalue weighted by Gasteiger charge is 2.06. The van der Waals surface area contributed by atoms with Gasteiger partial charge in [0.2, 0.25) is 0 Å². The molecule has 0 spiro atoms. The number of rotatable bonds is 3. The van der Waals surface area contributed by atoms with Crippen LogP contribution in [-0.2, 0) is 0 Å². The van der Waals surface area contributed by atoms with E-state index in [0.29, 0.717) is 0 Å². The summed E-state index contributed by atoms with van der Waals surface area (Å²) in [5, 5.41) is 18.0. The third kappa shape index (κ3) is 3.35. The van der Waals surface area contributed by atoms with E-state index in [2.05, 4.69) is 0 Å². The lowest BCUT2D eigenvalue weighted by Gasteiger charge is -2.10. The van der Waals surface area contributed by atoms with Crippen LogP contribution in [0.4, 0.5) is 0 Å². The maximum atomic E-state index is 9.47. The summed E-state index contributed by atoms with van der Waals surface area (Å²) in [6.45, 7) is 5.53. The average Bonchev–Trinajstić information content (AvgIpc) is 2.02. The summed E-state index contributed by atoms with van der Waals surface area (Å²) in [4.78, 5) is 0. The third-order valence-corrected chi connectivity index (χ3v) is 1.73. The van der Waals surface area contributed by atoms with Crippen molar-refractivity contribution in [2.75, 3.05) is 6.61 Å². The summed E-state index contributed by atoms with van der Waals surface area (Å²) in [5.74, 6) is 0. The summed E-state index contributed by atoms with van der Waals surface area (Å²) in [6, 6.07) is 0. The molecule has 0 aliphatic rings. The second-order valence-electron chi connectivity index (χ2n) is 2.57. The van der Waals surface area contributed by atoms with Crippen LogP contribution < -0.4 is 0 Å². The largest absolute Gasteiger partial charge is 0.392 e. The van der Waals surface area contributed by atoms with Gasteiger partial charge in [-0.15, -0.1) is 0 Å². The van der Waals surface area contributed by atoms with Gasteiger partial charge in [0.25, 0.3) is 0 Å². The van der Waals surface area contributed by atoms with Crippen molar-refractivity contribution in [3.63, 3.8) is 0 Å². The SMILES string of the molecule is C/C=C(\C)[C@H](O)/C(C)=C\CO. The zero-order valence-corrected chi connectivity index (χ0v) is 7.33. The standard InChI is InChI=1S/C9H16O2/c1-4-7(2)9(11)8(3)5-6-10/h4-5,9-11H,6H2,1-3H3/b7-4+,8-5-/t9-/m0/s1. The fourth-order valence-corrected chi connectivity index (χ4v) is 0.773. The fraction of sp³-hybridized carbons (Fsp3) is 0.556. The molecule has 0 aliphatic carbocycles. The molecule has 0 aliphatic heterocycles. The van der Waals surface area contributed by atoms with Crippen molar-refractivity contribution in [3.05, 3.63) is 23.3 Å². The maximum Gasteiger partial charge on any atom is 0.0956 e. The van der Waals surface area contributed by atoms with Gasteiger partial charge in [-0.25, -0.2) is 0 Å². The highest BCUT2D eigenvalue weighted by molar-refractivity contribution is 5.19. The van der Waals surface area contributed by atoms with Gasteiger partial charge >= 0.3 is 0 Å². The molecule has 0 unspecified atom stereocenters. The van der Waals surface area contributed by atoms with Crippen LogP contribution >= 0.6 is 0 Å². The van der Waals surface area contributed by atoms with Crippen molar-refractivity contribution in [3.8, 4) is 0 Å². The smallest absolute Gasteiger partial charge is 0.0956 e. The Morgan fingerprint density at radius 3 is 2.27 bits per heavy atom. The molecule has 0 heterocycles. The molecule has 2 nitrogen and oxygen atoms in total. The van der Waals surface area contributed by atoms with Crippen LogP contribution in [0, 0.1) is 0 Å². The van der Waals surface area contributed by atoms with Crippen LogP contribution in [0.3, 0.4) is 0 Å². The maximum absolute atomic E-state index is 9.47.